The molecule has 1 aliphatic heterocycles. The van der Waals surface area contributed by atoms with Crippen molar-refractivity contribution in [2.75, 3.05) is 33.3 Å². The van der Waals surface area contributed by atoms with Crippen LogP contribution in [0, 0.1) is 5.92 Å². The van der Waals surface area contributed by atoms with E-state index in [0.29, 0.717) is 45.4 Å². The number of carbonyl (C=O) groups excluding carboxylic acids is 1. The van der Waals surface area contributed by atoms with E-state index in [2.05, 4.69) is 9.46 Å². The zero-order valence-corrected chi connectivity index (χ0v) is 11.4. The van der Waals surface area contributed by atoms with Crippen LogP contribution in [0.3, 0.4) is 0 Å². The van der Waals surface area contributed by atoms with Gasteiger partial charge in [-0.2, -0.15) is 12.7 Å². The normalized spacial score (nSPS) is 18.8. The molecule has 0 aromatic heterocycles. The minimum Gasteiger partial charge on any atom is -0.469 e. The summed E-state index contributed by atoms with van der Waals surface area (Å²) in [6.45, 7) is 1.48. The number of nitrogens with one attached hydrogen (secondary N) is 1. The van der Waals surface area contributed by atoms with E-state index in [1.807, 2.05) is 0 Å². The first-order chi connectivity index (χ1) is 8.51. The Kier molecular flexibility index (Phi) is 6.00. The van der Waals surface area contributed by atoms with Gasteiger partial charge in [-0.05, 0) is 25.8 Å². The van der Waals surface area contributed by atoms with E-state index in [-0.39, 0.29) is 11.9 Å². The van der Waals surface area contributed by atoms with Crippen molar-refractivity contribution < 1.29 is 17.9 Å². The Balaban J connectivity index is 2.44. The van der Waals surface area contributed by atoms with Crippen LogP contribution in [0.1, 0.15) is 19.3 Å². The van der Waals surface area contributed by atoms with Crippen LogP contribution in [-0.2, 0) is 19.7 Å². The van der Waals surface area contributed by atoms with Gasteiger partial charge in [-0.3, -0.25) is 4.79 Å². The van der Waals surface area contributed by atoms with Crippen LogP contribution in [-0.4, -0.2) is 52.0 Å². The van der Waals surface area contributed by atoms with Gasteiger partial charge in [0, 0.05) is 19.6 Å². The lowest BCUT2D eigenvalue weighted by Gasteiger charge is -2.29. The van der Waals surface area contributed by atoms with Crippen LogP contribution in [0.25, 0.3) is 0 Å². The van der Waals surface area contributed by atoms with Crippen molar-refractivity contribution in [3.8, 4) is 0 Å². The standard InChI is InChI=1S/C10H21N3O4S/c1-17-10(14)9-3-7-13(8-4-9)18(15,16)12-6-2-5-11/h9,12H,2-8,11H2,1H3. The molecule has 8 heteroatoms. The van der Waals surface area contributed by atoms with E-state index in [0.717, 1.165) is 0 Å². The Morgan fingerprint density at radius 2 is 2.06 bits per heavy atom. The quantitative estimate of drug-likeness (QED) is 0.482. The zero-order valence-electron chi connectivity index (χ0n) is 10.6. The van der Waals surface area contributed by atoms with Crippen LogP contribution < -0.4 is 10.5 Å². The number of nitrogens with two attached hydrogens (primary N) is 1. The fraction of sp³-hybridized carbons (Fsp3) is 0.900. The molecule has 0 amide bonds. The Hall–Kier alpha value is -0.700. The predicted molar refractivity (Wildman–Crippen MR) is 66.9 cm³/mol. The van der Waals surface area contributed by atoms with Gasteiger partial charge >= 0.3 is 5.97 Å². The van der Waals surface area contributed by atoms with Crippen LogP contribution in [0.15, 0.2) is 0 Å². The summed E-state index contributed by atoms with van der Waals surface area (Å²) in [5.41, 5.74) is 5.30. The molecular weight excluding hydrogens is 258 g/mol. The molecule has 0 saturated carbocycles. The van der Waals surface area contributed by atoms with Crippen LogP contribution >= 0.6 is 0 Å². The third-order valence-electron chi connectivity index (χ3n) is 2.99. The lowest BCUT2D eigenvalue weighted by Crippen LogP contribution is -2.46. The van der Waals surface area contributed by atoms with E-state index in [9.17, 15) is 13.2 Å². The van der Waals surface area contributed by atoms with Gasteiger partial charge in [0.15, 0.2) is 0 Å². The first-order valence-corrected chi connectivity index (χ1v) is 7.48. The Morgan fingerprint density at radius 3 is 2.56 bits per heavy atom. The maximum absolute atomic E-state index is 11.9. The molecule has 7 nitrogen and oxygen atoms in total. The third kappa shape index (κ3) is 4.20. The first-order valence-electron chi connectivity index (χ1n) is 6.04. The van der Waals surface area contributed by atoms with Gasteiger partial charge in [-0.15, -0.1) is 0 Å². The van der Waals surface area contributed by atoms with E-state index in [1.54, 1.807) is 0 Å². The SMILES string of the molecule is COC(=O)C1CCN(S(=O)(=O)NCCCN)CC1. The number of hydrogen-bond donors (Lipinski definition) is 2. The maximum Gasteiger partial charge on any atom is 0.308 e. The average molecular weight is 279 g/mol. The van der Waals surface area contributed by atoms with Crippen LogP contribution in [0.5, 0.6) is 0 Å². The van der Waals surface area contributed by atoms with Gasteiger partial charge in [0.25, 0.3) is 10.2 Å². The summed E-state index contributed by atoms with van der Waals surface area (Å²) >= 11 is 0. The number of carbonyl (C=O) groups is 1. The molecule has 1 saturated heterocycles. The van der Waals surface area contributed by atoms with E-state index in [1.165, 1.54) is 11.4 Å². The van der Waals surface area contributed by atoms with E-state index in [4.69, 9.17) is 5.73 Å². The van der Waals surface area contributed by atoms with Crippen molar-refractivity contribution in [1.29, 1.82) is 0 Å². The molecule has 0 aliphatic carbocycles. The first kappa shape index (κ1) is 15.4. The van der Waals surface area contributed by atoms with Gasteiger partial charge < -0.3 is 10.5 Å². The van der Waals surface area contributed by atoms with Gasteiger partial charge in [0.05, 0.1) is 13.0 Å². The third-order valence-corrected chi connectivity index (χ3v) is 4.61. The maximum atomic E-state index is 11.9. The van der Waals surface area contributed by atoms with Gasteiger partial charge in [0.2, 0.25) is 0 Å². The van der Waals surface area contributed by atoms with E-state index < -0.39 is 10.2 Å². The highest BCUT2D eigenvalue weighted by atomic mass is 32.2. The van der Waals surface area contributed by atoms with E-state index >= 15 is 0 Å². The molecular formula is C10H21N3O4S. The molecule has 0 radical (unpaired) electrons. The fourth-order valence-corrected chi connectivity index (χ4v) is 3.17. The summed E-state index contributed by atoms with van der Waals surface area (Å²) in [6.07, 6.45) is 1.62. The van der Waals surface area contributed by atoms with Crippen molar-refractivity contribution >= 4 is 16.2 Å². The highest BCUT2D eigenvalue weighted by Gasteiger charge is 2.31. The molecule has 0 aromatic rings. The average Bonchev–Trinajstić information content (AvgIpc) is 2.38. The number of ether oxygens (including phenoxy) is 1. The Morgan fingerprint density at radius 1 is 1.44 bits per heavy atom. The molecule has 1 rings (SSSR count). The zero-order chi connectivity index (χ0) is 13.6. The van der Waals surface area contributed by atoms with Crippen molar-refractivity contribution in [3.63, 3.8) is 0 Å². The predicted octanol–water partition coefficient (Wildman–Crippen LogP) is -0.945. The van der Waals surface area contributed by atoms with Gasteiger partial charge in [0.1, 0.15) is 0 Å². The van der Waals surface area contributed by atoms with Gasteiger partial charge in [-0.1, -0.05) is 0 Å². The second-order valence-electron chi connectivity index (χ2n) is 4.24. The molecule has 1 fully saturated rings. The molecule has 18 heavy (non-hydrogen) atoms. The molecule has 0 aromatic carbocycles. The highest BCUT2D eigenvalue weighted by molar-refractivity contribution is 7.87. The minimum atomic E-state index is -3.44. The summed E-state index contributed by atoms with van der Waals surface area (Å²) in [5, 5.41) is 0. The number of rotatable bonds is 6. The number of piperidine rings is 1. The van der Waals surface area contributed by atoms with Crippen LogP contribution in [0.2, 0.25) is 0 Å². The Bertz CT molecular complexity index is 363. The number of methoxy groups -OCH3 is 1. The smallest absolute Gasteiger partial charge is 0.308 e. The molecule has 0 bridgehead atoms. The molecule has 1 aliphatic rings. The number of esters is 1. The monoisotopic (exact) mass is 279 g/mol. The Labute approximate surface area is 108 Å². The lowest BCUT2D eigenvalue weighted by atomic mass is 9.99. The van der Waals surface area contributed by atoms with Gasteiger partial charge in [-0.25, -0.2) is 4.72 Å². The van der Waals surface area contributed by atoms with Crippen molar-refractivity contribution in [2.24, 2.45) is 11.7 Å². The molecule has 0 unspecified atom stereocenters. The summed E-state index contributed by atoms with van der Waals surface area (Å²) in [4.78, 5) is 11.3. The summed E-state index contributed by atoms with van der Waals surface area (Å²) in [6, 6.07) is 0. The molecule has 1 heterocycles. The molecule has 106 valence electrons. The van der Waals surface area contributed by atoms with Crippen molar-refractivity contribution in [1.82, 2.24) is 9.03 Å². The number of hydrogen-bond acceptors (Lipinski definition) is 5. The molecule has 0 spiro atoms. The fourth-order valence-electron chi connectivity index (χ4n) is 1.89. The summed E-state index contributed by atoms with van der Waals surface area (Å²) < 4.78 is 32.2. The number of nitrogens with zero attached hydrogens (tertiary/aromatic N) is 1. The van der Waals surface area contributed by atoms with Crippen molar-refractivity contribution in [3.05, 3.63) is 0 Å². The van der Waals surface area contributed by atoms with Crippen LogP contribution in [0.4, 0.5) is 0 Å². The topological polar surface area (TPSA) is 102 Å². The molecule has 3 N–H and O–H groups in total. The minimum absolute atomic E-state index is 0.189. The lowest BCUT2D eigenvalue weighted by molar-refractivity contribution is -0.146. The highest BCUT2D eigenvalue weighted by Crippen LogP contribution is 2.19. The summed E-state index contributed by atoms with van der Waals surface area (Å²) in [7, 11) is -2.09. The summed E-state index contributed by atoms with van der Waals surface area (Å²) in [5.74, 6) is -0.450. The largest absolute Gasteiger partial charge is 0.469 e. The van der Waals surface area contributed by atoms with Crippen molar-refractivity contribution in [2.45, 2.75) is 19.3 Å². The molecule has 0 atom stereocenters. The second-order valence-corrected chi connectivity index (χ2v) is 5.99. The second kappa shape index (κ2) is 7.03.